The van der Waals surface area contributed by atoms with Crippen molar-refractivity contribution in [2.75, 3.05) is 23.1 Å². The summed E-state index contributed by atoms with van der Waals surface area (Å²) in [6, 6.07) is 6.04. The third kappa shape index (κ3) is 2.67. The van der Waals surface area contributed by atoms with E-state index in [-0.39, 0.29) is 5.91 Å². The molecule has 1 heterocycles. The first-order valence-electron chi connectivity index (χ1n) is 5.52. The fourth-order valence-corrected chi connectivity index (χ4v) is 1.93. The van der Waals surface area contributed by atoms with Gasteiger partial charge < -0.3 is 10.6 Å². The van der Waals surface area contributed by atoms with Crippen LogP contribution in [0.15, 0.2) is 18.2 Å². The van der Waals surface area contributed by atoms with Crippen molar-refractivity contribution in [1.82, 2.24) is 0 Å². The molecule has 2 N–H and O–H groups in total. The third-order valence-corrected chi connectivity index (χ3v) is 2.91. The Bertz CT molecular complexity index is 393. The summed E-state index contributed by atoms with van der Waals surface area (Å²) in [4.78, 5) is 11.2. The zero-order valence-electron chi connectivity index (χ0n) is 9.05. The number of halogens is 1. The second-order valence-corrected chi connectivity index (χ2v) is 4.27. The normalized spacial score (nSPS) is 14.2. The van der Waals surface area contributed by atoms with Crippen LogP contribution in [-0.2, 0) is 11.2 Å². The summed E-state index contributed by atoms with van der Waals surface area (Å²) in [7, 11) is 0. The number of hydrogen-bond acceptors (Lipinski definition) is 2. The Kier molecular flexibility index (Phi) is 3.67. The second-order valence-electron chi connectivity index (χ2n) is 3.89. The maximum Gasteiger partial charge on any atom is 0.224 e. The van der Waals surface area contributed by atoms with Crippen molar-refractivity contribution in [3.05, 3.63) is 23.8 Å². The predicted molar refractivity (Wildman–Crippen MR) is 67.2 cm³/mol. The van der Waals surface area contributed by atoms with Gasteiger partial charge >= 0.3 is 0 Å². The van der Waals surface area contributed by atoms with Crippen LogP contribution in [0.4, 0.5) is 11.4 Å². The minimum absolute atomic E-state index is 0.107. The molecule has 3 nitrogen and oxygen atoms in total. The fraction of sp³-hybridized carbons (Fsp3) is 0.417. The van der Waals surface area contributed by atoms with Crippen molar-refractivity contribution in [1.29, 1.82) is 0 Å². The van der Waals surface area contributed by atoms with Crippen LogP contribution in [0.5, 0.6) is 0 Å². The molecule has 0 aromatic heterocycles. The molecule has 0 saturated heterocycles. The molecule has 0 saturated carbocycles. The van der Waals surface area contributed by atoms with Crippen LogP contribution in [0.3, 0.4) is 0 Å². The minimum atomic E-state index is 0.107. The molecular weight excluding hydrogens is 224 g/mol. The fourth-order valence-electron chi connectivity index (χ4n) is 1.79. The van der Waals surface area contributed by atoms with Gasteiger partial charge in [0.1, 0.15) is 0 Å². The highest BCUT2D eigenvalue weighted by molar-refractivity contribution is 6.17. The van der Waals surface area contributed by atoms with Crippen molar-refractivity contribution in [3.8, 4) is 0 Å². The van der Waals surface area contributed by atoms with Gasteiger partial charge in [0.25, 0.3) is 0 Å². The van der Waals surface area contributed by atoms with E-state index in [2.05, 4.69) is 16.7 Å². The highest BCUT2D eigenvalue weighted by Gasteiger charge is 2.14. The van der Waals surface area contributed by atoms with Crippen molar-refractivity contribution in [3.63, 3.8) is 0 Å². The molecule has 86 valence electrons. The largest absolute Gasteiger partial charge is 0.385 e. The Morgan fingerprint density at radius 2 is 2.25 bits per heavy atom. The van der Waals surface area contributed by atoms with Gasteiger partial charge in [-0.2, -0.15) is 0 Å². The molecule has 1 amide bonds. The molecule has 0 fully saturated rings. The summed E-state index contributed by atoms with van der Waals surface area (Å²) in [5.74, 6) is 0.781. The van der Waals surface area contributed by atoms with Crippen LogP contribution in [0.2, 0.25) is 0 Å². The van der Waals surface area contributed by atoms with E-state index >= 15 is 0 Å². The van der Waals surface area contributed by atoms with Gasteiger partial charge in [0.2, 0.25) is 5.91 Å². The van der Waals surface area contributed by atoms with E-state index in [0.717, 1.165) is 30.8 Å². The lowest BCUT2D eigenvalue weighted by Gasteiger charge is -2.18. The van der Waals surface area contributed by atoms with E-state index in [1.54, 1.807) is 0 Å². The summed E-state index contributed by atoms with van der Waals surface area (Å²) in [5, 5.41) is 6.18. The van der Waals surface area contributed by atoms with Gasteiger partial charge in [-0.25, -0.2) is 0 Å². The van der Waals surface area contributed by atoms with Gasteiger partial charge in [-0.05, 0) is 36.6 Å². The Balaban J connectivity index is 2.04. The van der Waals surface area contributed by atoms with Crippen molar-refractivity contribution in [2.45, 2.75) is 19.3 Å². The maximum absolute atomic E-state index is 11.2. The van der Waals surface area contributed by atoms with Gasteiger partial charge in [0.15, 0.2) is 0 Å². The molecule has 1 aromatic carbocycles. The molecule has 16 heavy (non-hydrogen) atoms. The summed E-state index contributed by atoms with van der Waals surface area (Å²) in [6.07, 6.45) is 2.36. The highest BCUT2D eigenvalue weighted by atomic mass is 35.5. The zero-order valence-corrected chi connectivity index (χ0v) is 9.81. The first-order chi connectivity index (χ1) is 7.79. The first-order valence-corrected chi connectivity index (χ1v) is 6.05. The molecule has 0 unspecified atom stereocenters. The number of nitrogens with one attached hydrogen (secondary N) is 2. The number of rotatable bonds is 4. The number of fused-ring (bicyclic) bond motifs is 1. The molecular formula is C12H15ClN2O. The predicted octanol–water partition coefficient (Wildman–Crippen LogP) is 2.61. The first kappa shape index (κ1) is 11.3. The average Bonchev–Trinajstić information content (AvgIpc) is 2.29. The lowest BCUT2D eigenvalue weighted by atomic mass is 10.0. The summed E-state index contributed by atoms with van der Waals surface area (Å²) in [5.41, 5.74) is 3.25. The van der Waals surface area contributed by atoms with Crippen LogP contribution < -0.4 is 10.6 Å². The minimum Gasteiger partial charge on any atom is -0.385 e. The quantitative estimate of drug-likeness (QED) is 0.626. The van der Waals surface area contributed by atoms with Crippen LogP contribution in [-0.4, -0.2) is 18.3 Å². The van der Waals surface area contributed by atoms with Gasteiger partial charge in [0.05, 0.1) is 0 Å². The lowest BCUT2D eigenvalue weighted by Crippen LogP contribution is -2.19. The van der Waals surface area contributed by atoms with E-state index < -0.39 is 0 Å². The lowest BCUT2D eigenvalue weighted by molar-refractivity contribution is -0.116. The Morgan fingerprint density at radius 1 is 1.38 bits per heavy atom. The summed E-state index contributed by atoms with van der Waals surface area (Å²) in [6.45, 7) is 0.884. The van der Waals surface area contributed by atoms with E-state index in [1.807, 2.05) is 12.1 Å². The van der Waals surface area contributed by atoms with E-state index in [4.69, 9.17) is 11.6 Å². The topological polar surface area (TPSA) is 41.1 Å². The Morgan fingerprint density at radius 3 is 3.06 bits per heavy atom. The summed E-state index contributed by atoms with van der Waals surface area (Å²) >= 11 is 5.61. The second kappa shape index (κ2) is 5.21. The number of hydrogen-bond donors (Lipinski definition) is 2. The molecule has 0 aliphatic carbocycles. The number of alkyl halides is 1. The van der Waals surface area contributed by atoms with Crippen LogP contribution in [0.1, 0.15) is 18.4 Å². The van der Waals surface area contributed by atoms with Crippen LogP contribution in [0.25, 0.3) is 0 Å². The van der Waals surface area contributed by atoms with Crippen molar-refractivity contribution < 1.29 is 4.79 Å². The van der Waals surface area contributed by atoms with Crippen molar-refractivity contribution >= 4 is 28.9 Å². The van der Waals surface area contributed by atoms with E-state index in [0.29, 0.717) is 12.3 Å². The molecule has 0 atom stereocenters. The molecule has 0 bridgehead atoms. The number of aryl methyl sites for hydroxylation is 1. The van der Waals surface area contributed by atoms with Gasteiger partial charge in [-0.3, -0.25) is 4.79 Å². The average molecular weight is 239 g/mol. The monoisotopic (exact) mass is 238 g/mol. The molecule has 1 aromatic rings. The van der Waals surface area contributed by atoms with E-state index in [9.17, 15) is 4.79 Å². The molecule has 2 rings (SSSR count). The standard InChI is InChI=1S/C12H15ClN2O/c13-6-1-7-14-10-3-4-11-9(8-10)2-5-12(16)15-11/h3-4,8,14H,1-2,5-7H2,(H,15,16). The van der Waals surface area contributed by atoms with E-state index in [1.165, 1.54) is 5.56 Å². The molecule has 0 spiro atoms. The number of carbonyl (C=O) groups is 1. The van der Waals surface area contributed by atoms with Crippen LogP contribution in [0, 0.1) is 0 Å². The zero-order chi connectivity index (χ0) is 11.4. The molecule has 4 heteroatoms. The SMILES string of the molecule is O=C1CCc2cc(NCCCCl)ccc2N1. The maximum atomic E-state index is 11.2. The number of benzene rings is 1. The van der Waals surface area contributed by atoms with Crippen molar-refractivity contribution in [2.24, 2.45) is 0 Å². The number of carbonyl (C=O) groups excluding carboxylic acids is 1. The third-order valence-electron chi connectivity index (χ3n) is 2.64. The van der Waals surface area contributed by atoms with Gasteiger partial charge in [0, 0.05) is 30.2 Å². The Hall–Kier alpha value is -1.22. The van der Waals surface area contributed by atoms with Gasteiger partial charge in [-0.1, -0.05) is 0 Å². The number of amides is 1. The molecule has 1 aliphatic heterocycles. The van der Waals surface area contributed by atoms with Crippen LogP contribution >= 0.6 is 11.6 Å². The Labute approximate surface area is 100 Å². The smallest absolute Gasteiger partial charge is 0.224 e. The number of anilines is 2. The molecule has 0 radical (unpaired) electrons. The molecule has 1 aliphatic rings. The van der Waals surface area contributed by atoms with Gasteiger partial charge in [-0.15, -0.1) is 11.6 Å². The highest BCUT2D eigenvalue weighted by Crippen LogP contribution is 2.25. The summed E-state index contributed by atoms with van der Waals surface area (Å²) < 4.78 is 0.